The third-order valence-electron chi connectivity index (χ3n) is 6.06. The van der Waals surface area contributed by atoms with Crippen LogP contribution in [0.5, 0.6) is 11.5 Å². The van der Waals surface area contributed by atoms with E-state index in [-0.39, 0.29) is 17.4 Å². The van der Waals surface area contributed by atoms with Crippen LogP contribution in [-0.4, -0.2) is 80.9 Å². The number of imide groups is 1. The molecular formula is C22H31N3O7S. The highest BCUT2D eigenvalue weighted by Crippen LogP contribution is 2.35. The number of carbonyl (C=O) groups is 3. The molecule has 3 rings (SSSR count). The van der Waals surface area contributed by atoms with Crippen LogP contribution in [0.1, 0.15) is 32.8 Å². The standard InChI is InChI=1S/C22H31N3O7S/c1-14(2)11-24(16-8-9-33(29,30)13-16)19(26)12-25-20(27)22(3,23-21(25)28)15-6-7-17(31-4)18(10-15)32-5/h6-7,10,14,16H,8-9,11-13H2,1-5H3,(H,23,28)/t16-,22-/m0/s1. The zero-order valence-electron chi connectivity index (χ0n) is 19.6. The van der Waals surface area contributed by atoms with E-state index in [4.69, 9.17) is 9.47 Å². The molecule has 2 aliphatic heterocycles. The summed E-state index contributed by atoms with van der Waals surface area (Å²) in [5.41, 5.74) is -0.911. The van der Waals surface area contributed by atoms with Crippen LogP contribution in [0.2, 0.25) is 0 Å². The van der Waals surface area contributed by atoms with Gasteiger partial charge in [0.1, 0.15) is 12.1 Å². The van der Waals surface area contributed by atoms with Crippen molar-refractivity contribution in [1.82, 2.24) is 15.1 Å². The Hall–Kier alpha value is -2.82. The first-order chi connectivity index (χ1) is 15.4. The minimum absolute atomic E-state index is 0.0278. The van der Waals surface area contributed by atoms with Gasteiger partial charge in [0.25, 0.3) is 5.91 Å². The molecule has 1 N–H and O–H groups in total. The van der Waals surface area contributed by atoms with E-state index < -0.39 is 45.8 Å². The van der Waals surface area contributed by atoms with E-state index in [1.165, 1.54) is 19.1 Å². The van der Waals surface area contributed by atoms with Gasteiger partial charge in [-0.3, -0.25) is 14.5 Å². The third-order valence-corrected chi connectivity index (χ3v) is 7.81. The molecule has 0 saturated carbocycles. The number of nitrogens with zero attached hydrogens (tertiary/aromatic N) is 2. The molecule has 0 spiro atoms. The number of nitrogens with one attached hydrogen (secondary N) is 1. The average Bonchev–Trinajstić information content (AvgIpc) is 3.22. The number of hydrogen-bond acceptors (Lipinski definition) is 7. The van der Waals surface area contributed by atoms with Gasteiger partial charge in [0.15, 0.2) is 21.3 Å². The van der Waals surface area contributed by atoms with Gasteiger partial charge in [-0.1, -0.05) is 19.9 Å². The van der Waals surface area contributed by atoms with Gasteiger partial charge < -0.3 is 19.7 Å². The molecule has 182 valence electrons. The van der Waals surface area contributed by atoms with Crippen LogP contribution < -0.4 is 14.8 Å². The summed E-state index contributed by atoms with van der Waals surface area (Å²) in [6, 6.07) is 3.75. The summed E-state index contributed by atoms with van der Waals surface area (Å²) in [5, 5.41) is 2.68. The molecule has 11 heteroatoms. The lowest BCUT2D eigenvalue weighted by Crippen LogP contribution is -2.49. The smallest absolute Gasteiger partial charge is 0.325 e. The first kappa shape index (κ1) is 24.8. The van der Waals surface area contributed by atoms with Crippen LogP contribution in [0.4, 0.5) is 4.79 Å². The maximum absolute atomic E-state index is 13.3. The summed E-state index contributed by atoms with van der Waals surface area (Å²) >= 11 is 0. The zero-order chi connectivity index (χ0) is 24.6. The van der Waals surface area contributed by atoms with Crippen molar-refractivity contribution in [2.45, 2.75) is 38.8 Å². The molecule has 0 bridgehead atoms. The van der Waals surface area contributed by atoms with Crippen molar-refractivity contribution in [3.63, 3.8) is 0 Å². The molecule has 33 heavy (non-hydrogen) atoms. The Kier molecular flexibility index (Phi) is 6.92. The molecule has 1 aromatic carbocycles. The predicted octanol–water partition coefficient (Wildman–Crippen LogP) is 1.14. The van der Waals surface area contributed by atoms with Gasteiger partial charge >= 0.3 is 6.03 Å². The number of methoxy groups -OCH3 is 2. The topological polar surface area (TPSA) is 122 Å². The summed E-state index contributed by atoms with van der Waals surface area (Å²) in [7, 11) is -0.239. The van der Waals surface area contributed by atoms with Gasteiger partial charge in [-0.15, -0.1) is 0 Å². The van der Waals surface area contributed by atoms with Gasteiger partial charge in [0.2, 0.25) is 5.91 Å². The number of amides is 4. The molecular weight excluding hydrogens is 450 g/mol. The number of urea groups is 1. The molecule has 1 aromatic rings. The maximum Gasteiger partial charge on any atom is 0.325 e. The van der Waals surface area contributed by atoms with Crippen LogP contribution in [0.15, 0.2) is 18.2 Å². The average molecular weight is 482 g/mol. The van der Waals surface area contributed by atoms with E-state index in [0.29, 0.717) is 30.0 Å². The minimum atomic E-state index is -3.20. The van der Waals surface area contributed by atoms with Gasteiger partial charge in [-0.2, -0.15) is 0 Å². The van der Waals surface area contributed by atoms with E-state index in [1.54, 1.807) is 25.1 Å². The Bertz CT molecular complexity index is 1060. The van der Waals surface area contributed by atoms with Crippen LogP contribution in [0.3, 0.4) is 0 Å². The largest absolute Gasteiger partial charge is 0.493 e. The minimum Gasteiger partial charge on any atom is -0.493 e. The lowest BCUT2D eigenvalue weighted by Gasteiger charge is -2.31. The van der Waals surface area contributed by atoms with Crippen molar-refractivity contribution in [2.24, 2.45) is 5.92 Å². The first-order valence-corrected chi connectivity index (χ1v) is 12.6. The summed E-state index contributed by atoms with van der Waals surface area (Å²) < 4.78 is 34.4. The van der Waals surface area contributed by atoms with Crippen molar-refractivity contribution in [3.05, 3.63) is 23.8 Å². The third kappa shape index (κ3) is 4.92. The number of rotatable bonds is 8. The second kappa shape index (κ2) is 9.20. The molecule has 0 aliphatic carbocycles. The van der Waals surface area contributed by atoms with Gasteiger partial charge in [-0.25, -0.2) is 13.2 Å². The number of sulfone groups is 1. The molecule has 2 heterocycles. The number of carbonyl (C=O) groups excluding carboxylic acids is 3. The zero-order valence-corrected chi connectivity index (χ0v) is 20.4. The molecule has 4 amide bonds. The van der Waals surface area contributed by atoms with Crippen molar-refractivity contribution in [1.29, 1.82) is 0 Å². The Labute approximate surface area is 194 Å². The van der Waals surface area contributed by atoms with Crippen molar-refractivity contribution in [2.75, 3.05) is 38.8 Å². The highest BCUT2D eigenvalue weighted by atomic mass is 32.2. The monoisotopic (exact) mass is 481 g/mol. The predicted molar refractivity (Wildman–Crippen MR) is 121 cm³/mol. The van der Waals surface area contributed by atoms with Gasteiger partial charge in [-0.05, 0) is 37.0 Å². The second-order valence-corrected chi connectivity index (χ2v) is 11.2. The number of hydrogen-bond donors (Lipinski definition) is 1. The summed E-state index contributed by atoms with van der Waals surface area (Å²) in [5.74, 6) is -0.127. The normalized spacial score (nSPS) is 24.2. The van der Waals surface area contributed by atoms with Crippen molar-refractivity contribution in [3.8, 4) is 11.5 Å². The van der Waals surface area contributed by atoms with Gasteiger partial charge in [0, 0.05) is 12.6 Å². The van der Waals surface area contributed by atoms with Crippen molar-refractivity contribution < 1.29 is 32.3 Å². The first-order valence-electron chi connectivity index (χ1n) is 10.8. The lowest BCUT2D eigenvalue weighted by molar-refractivity contribution is -0.140. The second-order valence-electron chi connectivity index (χ2n) is 9.01. The van der Waals surface area contributed by atoms with Crippen LogP contribution in [0.25, 0.3) is 0 Å². The Morgan fingerprint density at radius 1 is 1.24 bits per heavy atom. The fraction of sp³-hybridized carbons (Fsp3) is 0.591. The number of benzene rings is 1. The SMILES string of the molecule is COc1ccc([C@]2(C)NC(=O)N(CC(=O)N(CC(C)C)[C@H]3CCS(=O)(=O)C3)C2=O)cc1OC. The highest BCUT2D eigenvalue weighted by Gasteiger charge is 2.50. The molecule has 0 aromatic heterocycles. The quantitative estimate of drug-likeness (QED) is 0.553. The molecule has 2 saturated heterocycles. The van der Waals surface area contributed by atoms with Crippen LogP contribution >= 0.6 is 0 Å². The fourth-order valence-corrected chi connectivity index (χ4v) is 6.01. The van der Waals surface area contributed by atoms with Gasteiger partial charge in [0.05, 0.1) is 25.7 Å². The summed E-state index contributed by atoms with van der Waals surface area (Å²) in [6.07, 6.45) is 0.351. The number of ether oxygens (including phenoxy) is 2. The molecule has 2 fully saturated rings. The Morgan fingerprint density at radius 2 is 1.91 bits per heavy atom. The van der Waals surface area contributed by atoms with E-state index in [0.717, 1.165) is 4.90 Å². The van der Waals surface area contributed by atoms with E-state index >= 15 is 0 Å². The molecule has 0 radical (unpaired) electrons. The van der Waals surface area contributed by atoms with Crippen LogP contribution in [0, 0.1) is 5.92 Å². The molecule has 0 unspecified atom stereocenters. The lowest BCUT2D eigenvalue weighted by atomic mass is 9.91. The Balaban J connectivity index is 1.83. The van der Waals surface area contributed by atoms with E-state index in [1.807, 2.05) is 13.8 Å². The summed E-state index contributed by atoms with van der Waals surface area (Å²) in [4.78, 5) is 41.6. The Morgan fingerprint density at radius 3 is 2.45 bits per heavy atom. The van der Waals surface area contributed by atoms with E-state index in [9.17, 15) is 22.8 Å². The van der Waals surface area contributed by atoms with Crippen molar-refractivity contribution >= 4 is 27.7 Å². The maximum atomic E-state index is 13.3. The summed E-state index contributed by atoms with van der Waals surface area (Å²) in [6.45, 7) is 5.29. The molecule has 10 nitrogen and oxygen atoms in total. The molecule has 2 atom stereocenters. The van der Waals surface area contributed by atoms with E-state index in [2.05, 4.69) is 5.32 Å². The fourth-order valence-electron chi connectivity index (χ4n) is 4.28. The van der Waals surface area contributed by atoms with Crippen LogP contribution in [-0.2, 0) is 25.0 Å². The highest BCUT2D eigenvalue weighted by molar-refractivity contribution is 7.91. The molecule has 2 aliphatic rings.